The molecule has 12 heteroatoms. The summed E-state index contributed by atoms with van der Waals surface area (Å²) in [5, 5.41) is 19.4. The number of benzene rings is 2. The molecule has 0 spiro atoms. The number of anilines is 1. The van der Waals surface area contributed by atoms with Crippen molar-refractivity contribution in [3.8, 4) is 11.6 Å². The van der Waals surface area contributed by atoms with Crippen molar-refractivity contribution < 1.29 is 14.2 Å². The summed E-state index contributed by atoms with van der Waals surface area (Å²) in [4.78, 5) is 13.8. The van der Waals surface area contributed by atoms with E-state index < -0.39 is 5.91 Å². The van der Waals surface area contributed by atoms with Gasteiger partial charge in [0.15, 0.2) is 5.69 Å². The van der Waals surface area contributed by atoms with Gasteiger partial charge in [-0.05, 0) is 40.1 Å². The zero-order valence-corrected chi connectivity index (χ0v) is 17.7. The van der Waals surface area contributed by atoms with Crippen molar-refractivity contribution in [2.75, 3.05) is 12.8 Å². The van der Waals surface area contributed by atoms with E-state index in [-0.39, 0.29) is 17.3 Å². The van der Waals surface area contributed by atoms with E-state index >= 15 is 0 Å². The minimum atomic E-state index is -0.533. The summed E-state index contributed by atoms with van der Waals surface area (Å²) in [7, 11) is 1.58. The Kier molecular flexibility index (Phi) is 6.41. The summed E-state index contributed by atoms with van der Waals surface area (Å²) in [5.74, 6) is 0.700. The van der Waals surface area contributed by atoms with Crippen LogP contribution >= 0.6 is 11.8 Å². The number of nitrogen functional groups attached to an aromatic ring is 1. The second-order valence-electron chi connectivity index (χ2n) is 6.35. The van der Waals surface area contributed by atoms with Crippen molar-refractivity contribution in [1.82, 2.24) is 30.7 Å². The zero-order valence-electron chi connectivity index (χ0n) is 16.9. The summed E-state index contributed by atoms with van der Waals surface area (Å²) in [6.07, 6.45) is 1.50. The Labute approximate surface area is 186 Å². The molecule has 0 radical (unpaired) electrons. The van der Waals surface area contributed by atoms with E-state index in [1.54, 1.807) is 13.2 Å². The number of ether oxygens (including phenoxy) is 1. The topological polar surface area (TPSA) is 146 Å². The second kappa shape index (κ2) is 9.75. The number of methoxy groups -OCH3 is 1. The number of rotatable bonds is 8. The molecule has 0 aliphatic heterocycles. The van der Waals surface area contributed by atoms with Gasteiger partial charge >= 0.3 is 0 Å². The quantitative estimate of drug-likeness (QED) is 0.234. The molecule has 1 amide bonds. The normalized spacial score (nSPS) is 11.0. The molecule has 0 bridgehead atoms. The highest BCUT2D eigenvalue weighted by Gasteiger charge is 2.24. The van der Waals surface area contributed by atoms with Crippen molar-refractivity contribution in [2.45, 2.75) is 10.6 Å². The van der Waals surface area contributed by atoms with E-state index in [1.807, 2.05) is 48.5 Å². The lowest BCUT2D eigenvalue weighted by Gasteiger charge is -2.05. The Balaban J connectivity index is 1.56. The summed E-state index contributed by atoms with van der Waals surface area (Å²) in [5.41, 5.74) is 9.58. The number of aromatic nitrogens is 5. The average Bonchev–Trinajstić information content (AvgIpc) is 3.44. The van der Waals surface area contributed by atoms with Crippen LogP contribution in [0.5, 0.6) is 5.75 Å². The molecule has 0 aliphatic carbocycles. The summed E-state index contributed by atoms with van der Waals surface area (Å²) >= 11 is 1.50. The molecule has 0 saturated carbocycles. The predicted molar refractivity (Wildman–Crippen MR) is 118 cm³/mol. The van der Waals surface area contributed by atoms with Gasteiger partial charge in [-0.1, -0.05) is 35.5 Å². The van der Waals surface area contributed by atoms with Gasteiger partial charge in [-0.2, -0.15) is 9.78 Å². The van der Waals surface area contributed by atoms with Crippen molar-refractivity contribution >= 4 is 29.7 Å². The summed E-state index contributed by atoms with van der Waals surface area (Å²) in [6, 6.07) is 17.0. The fourth-order valence-electron chi connectivity index (χ4n) is 2.72. The van der Waals surface area contributed by atoms with Gasteiger partial charge in [-0.3, -0.25) is 4.79 Å². The SMILES string of the molecule is COc1cccc(C=NNC(=O)c2nnn(-c3nonc3N)c2CSc2ccccc2)c1. The Morgan fingerprint density at radius 1 is 1.25 bits per heavy atom. The maximum atomic E-state index is 12.8. The maximum Gasteiger partial charge on any atom is 0.293 e. The van der Waals surface area contributed by atoms with Gasteiger partial charge in [0.05, 0.1) is 19.0 Å². The lowest BCUT2D eigenvalue weighted by atomic mass is 10.2. The highest BCUT2D eigenvalue weighted by atomic mass is 32.2. The summed E-state index contributed by atoms with van der Waals surface area (Å²) < 4.78 is 11.2. The molecular weight excluding hydrogens is 432 g/mol. The third-order valence-corrected chi connectivity index (χ3v) is 5.29. The first-order valence-electron chi connectivity index (χ1n) is 9.34. The minimum Gasteiger partial charge on any atom is -0.497 e. The molecule has 0 atom stereocenters. The van der Waals surface area contributed by atoms with Gasteiger partial charge in [-0.15, -0.1) is 16.9 Å². The Bertz CT molecular complexity index is 1240. The summed E-state index contributed by atoms with van der Waals surface area (Å²) in [6.45, 7) is 0. The second-order valence-corrected chi connectivity index (χ2v) is 7.40. The van der Waals surface area contributed by atoms with Crippen LogP contribution in [0.1, 0.15) is 21.7 Å². The fraction of sp³-hybridized carbons (Fsp3) is 0.100. The first-order valence-corrected chi connectivity index (χ1v) is 10.3. The monoisotopic (exact) mass is 450 g/mol. The van der Waals surface area contributed by atoms with Crippen LogP contribution in [0.4, 0.5) is 5.82 Å². The molecule has 32 heavy (non-hydrogen) atoms. The number of carbonyl (C=O) groups excluding carboxylic acids is 1. The van der Waals surface area contributed by atoms with Crippen molar-refractivity contribution in [3.05, 3.63) is 71.5 Å². The van der Waals surface area contributed by atoms with E-state index in [1.165, 1.54) is 22.7 Å². The molecule has 2 aromatic heterocycles. The van der Waals surface area contributed by atoms with Crippen LogP contribution in [0.15, 0.2) is 69.2 Å². The Hall–Kier alpha value is -4.19. The highest BCUT2D eigenvalue weighted by Crippen LogP contribution is 2.25. The molecule has 0 unspecified atom stereocenters. The number of hydrazone groups is 1. The lowest BCUT2D eigenvalue weighted by Crippen LogP contribution is -2.20. The number of nitrogens with one attached hydrogen (secondary N) is 1. The first kappa shape index (κ1) is 21.1. The van der Waals surface area contributed by atoms with Crippen LogP contribution in [-0.4, -0.2) is 44.5 Å². The predicted octanol–water partition coefficient (Wildman–Crippen LogP) is 2.30. The van der Waals surface area contributed by atoms with Gasteiger partial charge in [0.1, 0.15) is 5.75 Å². The number of nitrogens with zero attached hydrogens (tertiary/aromatic N) is 6. The number of carbonyl (C=O) groups is 1. The molecule has 2 heterocycles. The van der Waals surface area contributed by atoms with Gasteiger partial charge < -0.3 is 10.5 Å². The van der Waals surface area contributed by atoms with E-state index in [0.717, 1.165) is 10.5 Å². The van der Waals surface area contributed by atoms with Gasteiger partial charge in [-0.25, -0.2) is 10.1 Å². The van der Waals surface area contributed by atoms with E-state index in [4.69, 9.17) is 10.5 Å². The van der Waals surface area contributed by atoms with Crippen LogP contribution in [0.3, 0.4) is 0 Å². The Morgan fingerprint density at radius 2 is 2.09 bits per heavy atom. The van der Waals surface area contributed by atoms with Gasteiger partial charge in [0.25, 0.3) is 5.91 Å². The number of nitrogens with two attached hydrogens (primary N) is 1. The highest BCUT2D eigenvalue weighted by molar-refractivity contribution is 7.98. The van der Waals surface area contributed by atoms with Gasteiger partial charge in [0.2, 0.25) is 11.6 Å². The van der Waals surface area contributed by atoms with Gasteiger partial charge in [0, 0.05) is 10.6 Å². The minimum absolute atomic E-state index is 0.0314. The smallest absolute Gasteiger partial charge is 0.293 e. The number of hydrogen-bond acceptors (Lipinski definition) is 10. The van der Waals surface area contributed by atoms with Crippen LogP contribution in [-0.2, 0) is 5.75 Å². The molecule has 4 rings (SSSR count). The third-order valence-electron chi connectivity index (χ3n) is 4.27. The van der Waals surface area contributed by atoms with E-state index in [2.05, 4.69) is 35.8 Å². The average molecular weight is 450 g/mol. The van der Waals surface area contributed by atoms with Crippen molar-refractivity contribution in [3.63, 3.8) is 0 Å². The molecule has 0 aliphatic rings. The molecule has 0 saturated heterocycles. The Morgan fingerprint density at radius 3 is 2.84 bits per heavy atom. The standard InChI is InChI=1S/C20H18N8O3S/c1-30-14-7-5-6-13(10-14)11-22-24-20(29)17-16(12-32-15-8-3-2-4-9-15)28(27-23-17)19-18(21)25-31-26-19/h2-11H,12H2,1H3,(H2,21,25)(H,24,29). The molecule has 11 nitrogen and oxygen atoms in total. The third kappa shape index (κ3) is 4.75. The van der Waals surface area contributed by atoms with Crippen LogP contribution in [0.2, 0.25) is 0 Å². The zero-order chi connectivity index (χ0) is 22.3. The van der Waals surface area contributed by atoms with Crippen molar-refractivity contribution in [2.24, 2.45) is 5.10 Å². The fourth-order valence-corrected chi connectivity index (χ4v) is 3.64. The van der Waals surface area contributed by atoms with E-state index in [0.29, 0.717) is 17.2 Å². The maximum absolute atomic E-state index is 12.8. The number of amides is 1. The van der Waals surface area contributed by atoms with Crippen LogP contribution in [0, 0.1) is 0 Å². The van der Waals surface area contributed by atoms with E-state index in [9.17, 15) is 4.79 Å². The molecule has 2 aromatic carbocycles. The van der Waals surface area contributed by atoms with Crippen molar-refractivity contribution in [1.29, 1.82) is 0 Å². The molecule has 4 aromatic rings. The molecular formula is C20H18N8O3S. The molecule has 3 N–H and O–H groups in total. The number of thioether (sulfide) groups is 1. The van der Waals surface area contributed by atoms with Crippen LogP contribution in [0.25, 0.3) is 5.82 Å². The lowest BCUT2D eigenvalue weighted by molar-refractivity contribution is 0.0949. The molecule has 0 fully saturated rings. The van der Waals surface area contributed by atoms with Crippen LogP contribution < -0.4 is 15.9 Å². The number of hydrogen-bond donors (Lipinski definition) is 2. The first-order chi connectivity index (χ1) is 15.7. The molecule has 162 valence electrons. The largest absolute Gasteiger partial charge is 0.497 e.